The minimum absolute atomic E-state index is 0.219. The van der Waals surface area contributed by atoms with Crippen LogP contribution in [0.15, 0.2) is 23.4 Å². The number of aromatic nitrogens is 1. The third-order valence-corrected chi connectivity index (χ3v) is 4.09. The molecule has 1 aromatic heterocycles. The lowest BCUT2D eigenvalue weighted by atomic mass is 10.1. The normalized spacial score (nSPS) is 13.4. The van der Waals surface area contributed by atoms with Gasteiger partial charge in [0.1, 0.15) is 0 Å². The molecule has 102 valence electrons. The van der Waals surface area contributed by atoms with Crippen LogP contribution in [0.5, 0.6) is 0 Å². The number of carbonyl (C=O) groups is 1. The van der Waals surface area contributed by atoms with Crippen molar-refractivity contribution in [2.75, 3.05) is 6.54 Å². The van der Waals surface area contributed by atoms with Crippen LogP contribution in [0.25, 0.3) is 0 Å². The summed E-state index contributed by atoms with van der Waals surface area (Å²) >= 11 is 0. The first-order valence-electron chi connectivity index (χ1n) is 5.67. The average Bonchev–Trinajstić information content (AvgIpc) is 2.71. The first kappa shape index (κ1) is 14.7. The minimum atomic E-state index is -3.48. The van der Waals surface area contributed by atoms with Crippen molar-refractivity contribution in [3.05, 3.63) is 18.5 Å². The van der Waals surface area contributed by atoms with Crippen molar-refractivity contribution in [1.29, 1.82) is 0 Å². The molecule has 0 amide bonds. The number of carboxylic acid groups (broad SMARTS) is 1. The van der Waals surface area contributed by atoms with Gasteiger partial charge < -0.3 is 9.67 Å². The summed E-state index contributed by atoms with van der Waals surface area (Å²) in [5.74, 6) is -1.31. The zero-order valence-electron chi connectivity index (χ0n) is 10.5. The molecule has 0 aromatic carbocycles. The van der Waals surface area contributed by atoms with Gasteiger partial charge in [0.2, 0.25) is 10.0 Å². The molecule has 1 unspecified atom stereocenters. The molecule has 1 aromatic rings. The number of nitrogens with zero attached hydrogens (tertiary/aromatic N) is 1. The Hall–Kier alpha value is -1.34. The summed E-state index contributed by atoms with van der Waals surface area (Å²) in [4.78, 5) is 10.8. The molecule has 6 nitrogen and oxygen atoms in total. The van der Waals surface area contributed by atoms with E-state index in [0.29, 0.717) is 12.8 Å². The van der Waals surface area contributed by atoms with E-state index >= 15 is 0 Å². The van der Waals surface area contributed by atoms with Crippen LogP contribution in [0, 0.1) is 5.92 Å². The van der Waals surface area contributed by atoms with Gasteiger partial charge in [0.05, 0.1) is 10.8 Å². The predicted molar refractivity (Wildman–Crippen MR) is 66.6 cm³/mol. The highest BCUT2D eigenvalue weighted by Crippen LogP contribution is 2.09. The maximum Gasteiger partial charge on any atom is 0.306 e. The van der Waals surface area contributed by atoms with Gasteiger partial charge in [0.25, 0.3) is 0 Å². The van der Waals surface area contributed by atoms with E-state index < -0.39 is 21.9 Å². The van der Waals surface area contributed by atoms with Crippen molar-refractivity contribution >= 4 is 16.0 Å². The van der Waals surface area contributed by atoms with Crippen LogP contribution in [-0.4, -0.2) is 30.6 Å². The van der Waals surface area contributed by atoms with Crippen molar-refractivity contribution < 1.29 is 18.3 Å². The first-order valence-corrected chi connectivity index (χ1v) is 7.15. The molecule has 0 spiro atoms. The van der Waals surface area contributed by atoms with Crippen LogP contribution in [0.2, 0.25) is 0 Å². The number of sulfonamides is 1. The second-order valence-corrected chi connectivity index (χ2v) is 6.06. The highest BCUT2D eigenvalue weighted by atomic mass is 32.2. The second kappa shape index (κ2) is 6.01. The zero-order valence-corrected chi connectivity index (χ0v) is 11.3. The molecule has 1 atom stereocenters. The first-order chi connectivity index (χ1) is 8.33. The van der Waals surface area contributed by atoms with Gasteiger partial charge in [-0.05, 0) is 18.9 Å². The predicted octanol–water partition coefficient (Wildman–Crippen LogP) is 0.804. The number of carboxylic acids is 1. The molecule has 7 heteroatoms. The largest absolute Gasteiger partial charge is 0.481 e. The van der Waals surface area contributed by atoms with Gasteiger partial charge in [-0.25, -0.2) is 13.1 Å². The van der Waals surface area contributed by atoms with Crippen LogP contribution in [-0.2, 0) is 21.9 Å². The molecule has 1 heterocycles. The Balaban J connectivity index is 2.42. The number of nitrogens with one attached hydrogen (secondary N) is 1. The fourth-order valence-corrected chi connectivity index (χ4v) is 2.58. The van der Waals surface area contributed by atoms with Crippen molar-refractivity contribution in [3.63, 3.8) is 0 Å². The summed E-state index contributed by atoms with van der Waals surface area (Å²) in [5, 5.41) is 8.68. The zero-order chi connectivity index (χ0) is 13.8. The van der Waals surface area contributed by atoms with E-state index in [0.717, 1.165) is 0 Å². The molecular formula is C11H18N2O4S. The second-order valence-electron chi connectivity index (χ2n) is 4.29. The molecule has 0 aliphatic rings. The molecule has 0 saturated heterocycles. The quantitative estimate of drug-likeness (QED) is 0.720. The molecule has 0 radical (unpaired) electrons. The Labute approximate surface area is 107 Å². The average molecular weight is 274 g/mol. The molecule has 18 heavy (non-hydrogen) atoms. The summed E-state index contributed by atoms with van der Waals surface area (Å²) in [6.07, 6.45) is 4.12. The third kappa shape index (κ3) is 4.15. The molecule has 0 aliphatic heterocycles. The number of rotatable bonds is 7. The molecule has 0 fully saturated rings. The van der Waals surface area contributed by atoms with Gasteiger partial charge in [0, 0.05) is 26.0 Å². The van der Waals surface area contributed by atoms with E-state index in [1.165, 1.54) is 12.3 Å². The van der Waals surface area contributed by atoms with E-state index in [2.05, 4.69) is 4.72 Å². The van der Waals surface area contributed by atoms with Gasteiger partial charge in [-0.2, -0.15) is 0 Å². The molecular weight excluding hydrogens is 256 g/mol. The number of aliphatic carboxylic acids is 1. The molecule has 2 N–H and O–H groups in total. The Kier molecular flexibility index (Phi) is 4.92. The number of hydrogen-bond acceptors (Lipinski definition) is 3. The van der Waals surface area contributed by atoms with Crippen molar-refractivity contribution in [2.24, 2.45) is 13.0 Å². The van der Waals surface area contributed by atoms with Crippen LogP contribution in [0.1, 0.15) is 19.8 Å². The highest BCUT2D eigenvalue weighted by molar-refractivity contribution is 7.89. The fourth-order valence-electron chi connectivity index (χ4n) is 1.46. The van der Waals surface area contributed by atoms with Gasteiger partial charge in [0.15, 0.2) is 0 Å². The Morgan fingerprint density at radius 1 is 1.56 bits per heavy atom. The van der Waals surface area contributed by atoms with Crippen molar-refractivity contribution in [1.82, 2.24) is 9.29 Å². The molecule has 0 saturated carbocycles. The minimum Gasteiger partial charge on any atom is -0.481 e. The molecule has 1 rings (SSSR count). The summed E-state index contributed by atoms with van der Waals surface area (Å²) in [6.45, 7) is 1.85. The third-order valence-electron chi connectivity index (χ3n) is 2.64. The van der Waals surface area contributed by atoms with Gasteiger partial charge in [-0.3, -0.25) is 4.79 Å². The van der Waals surface area contributed by atoms with E-state index in [1.807, 2.05) is 0 Å². The van der Waals surface area contributed by atoms with E-state index in [9.17, 15) is 13.2 Å². The topological polar surface area (TPSA) is 88.4 Å². The van der Waals surface area contributed by atoms with E-state index in [1.54, 1.807) is 24.7 Å². The lowest BCUT2D eigenvalue weighted by Gasteiger charge is -2.07. The molecule has 0 bridgehead atoms. The number of aryl methyl sites for hydroxylation is 1. The summed E-state index contributed by atoms with van der Waals surface area (Å²) in [5.41, 5.74) is 0. The lowest BCUT2D eigenvalue weighted by molar-refractivity contribution is -0.141. The maximum atomic E-state index is 11.8. The number of hydrogen-bond donors (Lipinski definition) is 2. The van der Waals surface area contributed by atoms with Crippen molar-refractivity contribution in [3.8, 4) is 0 Å². The van der Waals surface area contributed by atoms with Crippen LogP contribution in [0.4, 0.5) is 0 Å². The summed E-state index contributed by atoms with van der Waals surface area (Å²) in [7, 11) is -1.73. The lowest BCUT2D eigenvalue weighted by Crippen LogP contribution is -2.25. The maximum absolute atomic E-state index is 11.8. The van der Waals surface area contributed by atoms with E-state index in [4.69, 9.17) is 5.11 Å². The monoisotopic (exact) mass is 274 g/mol. The smallest absolute Gasteiger partial charge is 0.306 e. The van der Waals surface area contributed by atoms with Crippen molar-refractivity contribution in [2.45, 2.75) is 24.7 Å². The highest BCUT2D eigenvalue weighted by Gasteiger charge is 2.15. The van der Waals surface area contributed by atoms with Crippen LogP contribution < -0.4 is 4.72 Å². The molecule has 0 aliphatic carbocycles. The van der Waals surface area contributed by atoms with E-state index in [-0.39, 0.29) is 11.4 Å². The summed E-state index contributed by atoms with van der Waals surface area (Å²) < 4.78 is 27.7. The SMILES string of the molecule is CC(CCCNS(=O)(=O)c1ccn(C)c1)C(=O)O. The Morgan fingerprint density at radius 2 is 2.22 bits per heavy atom. The van der Waals surface area contributed by atoms with Crippen LogP contribution >= 0.6 is 0 Å². The Morgan fingerprint density at radius 3 is 2.72 bits per heavy atom. The van der Waals surface area contributed by atoms with Gasteiger partial charge >= 0.3 is 5.97 Å². The Bertz CT molecular complexity index is 507. The standard InChI is InChI=1S/C11H18N2O4S/c1-9(11(14)15)4-3-6-12-18(16,17)10-5-7-13(2)8-10/h5,7-9,12H,3-4,6H2,1-2H3,(H,14,15). The van der Waals surface area contributed by atoms with Gasteiger partial charge in [-0.15, -0.1) is 0 Å². The van der Waals surface area contributed by atoms with Gasteiger partial charge in [-0.1, -0.05) is 6.92 Å². The fraction of sp³-hybridized carbons (Fsp3) is 0.545. The van der Waals surface area contributed by atoms with Crippen LogP contribution in [0.3, 0.4) is 0 Å². The summed E-state index contributed by atoms with van der Waals surface area (Å²) in [6, 6.07) is 1.52.